The number of nitrogens with one attached hydrogen (secondary N) is 2. The van der Waals surface area contributed by atoms with Crippen molar-refractivity contribution in [3.63, 3.8) is 0 Å². The summed E-state index contributed by atoms with van der Waals surface area (Å²) in [5, 5.41) is 24.7. The lowest BCUT2D eigenvalue weighted by Crippen LogP contribution is -2.30. The first-order chi connectivity index (χ1) is 17.8. The first-order valence-corrected chi connectivity index (χ1v) is 11.1. The van der Waals surface area contributed by atoms with Crippen LogP contribution in [0.2, 0.25) is 0 Å². The Labute approximate surface area is 210 Å². The van der Waals surface area contributed by atoms with Gasteiger partial charge in [-0.05, 0) is 54.6 Å². The third kappa shape index (κ3) is 4.61. The molecule has 0 fully saturated rings. The number of rotatable bonds is 5. The van der Waals surface area contributed by atoms with Gasteiger partial charge in [-0.15, -0.1) is 0 Å². The summed E-state index contributed by atoms with van der Waals surface area (Å²) in [6.07, 6.45) is 0. The molecule has 1 aliphatic heterocycles. The molecule has 0 spiro atoms. The second-order valence-electron chi connectivity index (χ2n) is 8.27. The largest absolute Gasteiger partial charge is 0.508 e. The number of benzene rings is 4. The topological polar surface area (TPSA) is 136 Å². The fraction of sp³-hybridized carbons (Fsp3) is 0. The molecule has 9 nitrogen and oxygen atoms in total. The summed E-state index contributed by atoms with van der Waals surface area (Å²) in [4.78, 5) is 53.3. The van der Waals surface area contributed by atoms with Crippen LogP contribution in [0.5, 0.6) is 11.5 Å². The Morgan fingerprint density at radius 1 is 0.595 bits per heavy atom. The van der Waals surface area contributed by atoms with Gasteiger partial charge in [-0.3, -0.25) is 19.2 Å². The second-order valence-corrected chi connectivity index (χ2v) is 8.27. The minimum Gasteiger partial charge on any atom is -0.508 e. The predicted octanol–water partition coefficient (Wildman–Crippen LogP) is 4.40. The van der Waals surface area contributed by atoms with E-state index in [1.807, 2.05) is 0 Å². The van der Waals surface area contributed by atoms with E-state index in [-0.39, 0.29) is 39.4 Å². The van der Waals surface area contributed by atoms with Gasteiger partial charge in [0.25, 0.3) is 23.6 Å². The minimum atomic E-state index is -0.629. The molecule has 0 saturated heterocycles. The monoisotopic (exact) mass is 493 g/mol. The summed E-state index contributed by atoms with van der Waals surface area (Å²) < 4.78 is 0. The van der Waals surface area contributed by atoms with E-state index in [4.69, 9.17) is 0 Å². The molecule has 1 aliphatic rings. The fourth-order valence-electron chi connectivity index (χ4n) is 4.00. The molecule has 4 amide bonds. The van der Waals surface area contributed by atoms with E-state index >= 15 is 0 Å². The zero-order chi connectivity index (χ0) is 26.1. The van der Waals surface area contributed by atoms with Crippen LogP contribution in [0, 0.1) is 0 Å². The maximum atomic E-state index is 13.1. The van der Waals surface area contributed by atoms with Crippen LogP contribution in [-0.2, 0) is 0 Å². The summed E-state index contributed by atoms with van der Waals surface area (Å²) in [6.45, 7) is 0. The Morgan fingerprint density at radius 3 is 1.49 bits per heavy atom. The standard InChI is InChI=1S/C28H19N3O6/c32-21-7-3-5-18(14-21)29-25(34)16-11-17(26(35)30-19-6-4-8-22(33)15-19)13-20(12-16)31-27(36)23-9-1-2-10-24(23)28(31)37/h1-15,32-33H,(H,29,34)(H,30,35). The molecule has 4 aromatic carbocycles. The molecular weight excluding hydrogens is 474 g/mol. The summed E-state index contributed by atoms with van der Waals surface area (Å²) in [5.74, 6) is -2.52. The average molecular weight is 493 g/mol. The number of carbonyl (C=O) groups is 4. The highest BCUT2D eigenvalue weighted by Crippen LogP contribution is 2.30. The summed E-state index contributed by atoms with van der Waals surface area (Å²) in [5.41, 5.74) is 1.08. The van der Waals surface area contributed by atoms with Crippen molar-refractivity contribution >= 4 is 40.7 Å². The molecule has 4 aromatic rings. The zero-order valence-electron chi connectivity index (χ0n) is 19.1. The van der Waals surface area contributed by atoms with Crippen LogP contribution < -0.4 is 15.5 Å². The van der Waals surface area contributed by atoms with Crippen LogP contribution in [0.25, 0.3) is 0 Å². The number of phenolic OH excluding ortho intramolecular Hbond substituents is 2. The van der Waals surface area contributed by atoms with Crippen LogP contribution in [0.3, 0.4) is 0 Å². The maximum absolute atomic E-state index is 13.1. The molecule has 4 N–H and O–H groups in total. The number of hydrogen-bond acceptors (Lipinski definition) is 6. The summed E-state index contributed by atoms with van der Waals surface area (Å²) in [7, 11) is 0. The molecule has 182 valence electrons. The highest BCUT2D eigenvalue weighted by molar-refractivity contribution is 6.34. The molecule has 0 bridgehead atoms. The first-order valence-electron chi connectivity index (χ1n) is 11.1. The first kappa shape index (κ1) is 23.3. The molecule has 0 unspecified atom stereocenters. The van der Waals surface area contributed by atoms with E-state index in [0.29, 0.717) is 11.4 Å². The van der Waals surface area contributed by atoms with E-state index in [1.54, 1.807) is 36.4 Å². The van der Waals surface area contributed by atoms with Crippen LogP contribution >= 0.6 is 0 Å². The number of phenols is 2. The van der Waals surface area contributed by atoms with Crippen molar-refractivity contribution in [1.29, 1.82) is 0 Å². The molecule has 0 aromatic heterocycles. The summed E-state index contributed by atoms with van der Waals surface area (Å²) >= 11 is 0. The number of imide groups is 1. The van der Waals surface area contributed by atoms with Crippen molar-refractivity contribution in [2.45, 2.75) is 0 Å². The van der Waals surface area contributed by atoms with Crippen LogP contribution in [0.15, 0.2) is 91.0 Å². The van der Waals surface area contributed by atoms with Gasteiger partial charge in [0.1, 0.15) is 11.5 Å². The number of fused-ring (bicyclic) bond motifs is 1. The zero-order valence-corrected chi connectivity index (χ0v) is 19.1. The third-order valence-corrected chi connectivity index (χ3v) is 5.70. The number of anilines is 3. The molecule has 0 aliphatic carbocycles. The van der Waals surface area contributed by atoms with E-state index in [2.05, 4.69) is 10.6 Å². The number of aromatic hydroxyl groups is 2. The van der Waals surface area contributed by atoms with E-state index in [9.17, 15) is 29.4 Å². The number of hydrogen-bond donors (Lipinski definition) is 4. The van der Waals surface area contributed by atoms with Gasteiger partial charge in [0.05, 0.1) is 16.8 Å². The number of amides is 4. The van der Waals surface area contributed by atoms with Gasteiger partial charge in [0, 0.05) is 34.6 Å². The number of nitrogens with zero attached hydrogens (tertiary/aromatic N) is 1. The molecule has 0 saturated carbocycles. The van der Waals surface area contributed by atoms with Crippen LogP contribution in [0.1, 0.15) is 41.4 Å². The van der Waals surface area contributed by atoms with E-state index in [0.717, 1.165) is 4.90 Å². The SMILES string of the molecule is O=C(Nc1cccc(O)c1)c1cc(C(=O)Nc2cccc(O)c2)cc(N2C(=O)c3ccccc3C2=O)c1. The Kier molecular flexibility index (Phi) is 5.86. The molecule has 0 atom stereocenters. The van der Waals surface area contributed by atoms with Gasteiger partial charge >= 0.3 is 0 Å². The fourth-order valence-corrected chi connectivity index (χ4v) is 4.00. The van der Waals surface area contributed by atoms with Crippen molar-refractivity contribution in [3.05, 3.63) is 113 Å². The smallest absolute Gasteiger partial charge is 0.266 e. The third-order valence-electron chi connectivity index (χ3n) is 5.70. The van der Waals surface area contributed by atoms with Crippen LogP contribution in [0.4, 0.5) is 17.1 Å². The Morgan fingerprint density at radius 2 is 1.05 bits per heavy atom. The molecule has 0 radical (unpaired) electrons. The van der Waals surface area contributed by atoms with Crippen LogP contribution in [-0.4, -0.2) is 33.8 Å². The van der Waals surface area contributed by atoms with Crippen molar-refractivity contribution in [3.8, 4) is 11.5 Å². The molecule has 9 heteroatoms. The second kappa shape index (κ2) is 9.31. The van der Waals surface area contributed by atoms with Gasteiger partial charge < -0.3 is 20.8 Å². The van der Waals surface area contributed by atoms with Gasteiger partial charge in [0.15, 0.2) is 0 Å². The molecular formula is C28H19N3O6. The van der Waals surface area contributed by atoms with Crippen molar-refractivity contribution < 1.29 is 29.4 Å². The lowest BCUT2D eigenvalue weighted by Gasteiger charge is -2.17. The lowest BCUT2D eigenvalue weighted by molar-refractivity contribution is 0.0922. The molecule has 37 heavy (non-hydrogen) atoms. The minimum absolute atomic E-state index is 0.00143. The van der Waals surface area contributed by atoms with Crippen molar-refractivity contribution in [2.75, 3.05) is 15.5 Å². The maximum Gasteiger partial charge on any atom is 0.266 e. The normalized spacial score (nSPS) is 12.3. The highest BCUT2D eigenvalue weighted by atomic mass is 16.3. The number of carbonyl (C=O) groups excluding carboxylic acids is 4. The highest BCUT2D eigenvalue weighted by Gasteiger charge is 2.37. The van der Waals surface area contributed by atoms with Crippen molar-refractivity contribution in [1.82, 2.24) is 0 Å². The van der Waals surface area contributed by atoms with Gasteiger partial charge in [-0.2, -0.15) is 0 Å². The quantitative estimate of drug-likeness (QED) is 0.304. The van der Waals surface area contributed by atoms with E-state index < -0.39 is 23.6 Å². The van der Waals surface area contributed by atoms with Gasteiger partial charge in [-0.25, -0.2) is 4.90 Å². The molecule has 1 heterocycles. The van der Waals surface area contributed by atoms with Gasteiger partial charge in [0.2, 0.25) is 0 Å². The Balaban J connectivity index is 1.54. The average Bonchev–Trinajstić information content (AvgIpc) is 3.13. The Bertz CT molecular complexity index is 1480. The van der Waals surface area contributed by atoms with Gasteiger partial charge in [-0.1, -0.05) is 24.3 Å². The summed E-state index contributed by atoms with van der Waals surface area (Å²) in [6, 6.07) is 22.2. The Hall–Kier alpha value is -5.44. The predicted molar refractivity (Wildman–Crippen MR) is 136 cm³/mol. The van der Waals surface area contributed by atoms with E-state index in [1.165, 1.54) is 54.6 Å². The molecule has 5 rings (SSSR count). The van der Waals surface area contributed by atoms with Crippen molar-refractivity contribution in [2.24, 2.45) is 0 Å². The lowest BCUT2D eigenvalue weighted by atomic mass is 10.1.